The fraction of sp³-hybridized carbons (Fsp3) is 0.529. The number of nitrogens with one attached hydrogen (secondary N) is 1. The number of hydrogen-bond acceptors (Lipinski definition) is 3. The Balaban J connectivity index is 2.08. The fourth-order valence-electron chi connectivity index (χ4n) is 2.44. The molecular weight excluding hydrogens is 280 g/mol. The molecule has 1 aliphatic heterocycles. The van der Waals surface area contributed by atoms with Crippen LogP contribution in [0.3, 0.4) is 0 Å². The Hall–Kier alpha value is -1.88. The van der Waals surface area contributed by atoms with Crippen LogP contribution in [-0.4, -0.2) is 35.6 Å². The minimum absolute atomic E-state index is 0.0175. The first-order chi connectivity index (χ1) is 10.2. The summed E-state index contributed by atoms with van der Waals surface area (Å²) in [5.74, 6) is -0.133. The van der Waals surface area contributed by atoms with Crippen molar-refractivity contribution in [3.8, 4) is 0 Å². The summed E-state index contributed by atoms with van der Waals surface area (Å²) in [4.78, 5) is 25.5. The van der Waals surface area contributed by atoms with E-state index in [1.807, 2.05) is 26.0 Å². The van der Waals surface area contributed by atoms with Gasteiger partial charge in [-0.2, -0.15) is 0 Å². The van der Waals surface area contributed by atoms with Gasteiger partial charge >= 0.3 is 0 Å². The molecule has 0 radical (unpaired) electrons. The molecule has 1 aliphatic rings. The van der Waals surface area contributed by atoms with Crippen molar-refractivity contribution in [2.45, 2.75) is 39.7 Å². The van der Waals surface area contributed by atoms with Crippen molar-refractivity contribution < 1.29 is 14.7 Å². The van der Waals surface area contributed by atoms with E-state index in [9.17, 15) is 14.7 Å². The molecule has 0 aliphatic carbocycles. The number of anilines is 1. The summed E-state index contributed by atoms with van der Waals surface area (Å²) in [5, 5.41) is 13.0. The van der Waals surface area contributed by atoms with Crippen LogP contribution in [-0.2, 0) is 11.2 Å². The van der Waals surface area contributed by atoms with Crippen LogP contribution in [0.1, 0.15) is 43.6 Å². The maximum Gasteiger partial charge on any atom is 0.251 e. The number of carbonyl (C=O) groups is 2. The average Bonchev–Trinajstić information content (AvgIpc) is 2.87. The predicted molar refractivity (Wildman–Crippen MR) is 86.0 cm³/mol. The van der Waals surface area contributed by atoms with Crippen molar-refractivity contribution in [1.82, 2.24) is 5.32 Å². The van der Waals surface area contributed by atoms with Gasteiger partial charge in [0.05, 0.1) is 5.60 Å². The highest BCUT2D eigenvalue weighted by molar-refractivity contribution is 5.97. The van der Waals surface area contributed by atoms with Gasteiger partial charge in [-0.25, -0.2) is 0 Å². The minimum atomic E-state index is -0.933. The summed E-state index contributed by atoms with van der Waals surface area (Å²) in [5.41, 5.74) is 1.53. The minimum Gasteiger partial charge on any atom is -0.388 e. The highest BCUT2D eigenvalue weighted by Gasteiger charge is 2.26. The predicted octanol–water partition coefficient (Wildman–Crippen LogP) is 1.73. The monoisotopic (exact) mass is 304 g/mol. The van der Waals surface area contributed by atoms with E-state index >= 15 is 0 Å². The van der Waals surface area contributed by atoms with Crippen molar-refractivity contribution in [2.24, 2.45) is 5.92 Å². The van der Waals surface area contributed by atoms with Crippen molar-refractivity contribution in [3.05, 3.63) is 29.3 Å². The third-order valence-corrected chi connectivity index (χ3v) is 4.47. The second-order valence-corrected chi connectivity index (χ2v) is 6.46. The Labute approximate surface area is 131 Å². The topological polar surface area (TPSA) is 69.6 Å². The molecular formula is C17H24N2O3. The number of aliphatic hydroxyl groups is 1. The first kappa shape index (κ1) is 16.5. The molecule has 1 aromatic rings. The second-order valence-electron chi connectivity index (χ2n) is 6.46. The third kappa shape index (κ3) is 3.30. The molecule has 1 aromatic carbocycles. The molecule has 1 atom stereocenters. The SMILES string of the molecule is CC(=O)N1CCc2cc(C(=O)NCC(C)(O)C(C)C)ccc21. The molecule has 5 nitrogen and oxygen atoms in total. The van der Waals surface area contributed by atoms with Crippen LogP contribution in [0.5, 0.6) is 0 Å². The van der Waals surface area contributed by atoms with Gasteiger partial charge in [0.1, 0.15) is 0 Å². The number of rotatable bonds is 4. The lowest BCUT2D eigenvalue weighted by Gasteiger charge is -2.27. The van der Waals surface area contributed by atoms with E-state index in [2.05, 4.69) is 5.32 Å². The summed E-state index contributed by atoms with van der Waals surface area (Å²) in [6.07, 6.45) is 0.764. The number of amides is 2. The van der Waals surface area contributed by atoms with E-state index in [0.717, 1.165) is 17.7 Å². The van der Waals surface area contributed by atoms with Gasteiger partial charge < -0.3 is 15.3 Å². The van der Waals surface area contributed by atoms with Gasteiger partial charge in [0, 0.05) is 31.3 Å². The third-order valence-electron chi connectivity index (χ3n) is 4.47. The first-order valence-corrected chi connectivity index (χ1v) is 7.64. The van der Waals surface area contributed by atoms with Gasteiger partial charge in [-0.1, -0.05) is 13.8 Å². The van der Waals surface area contributed by atoms with Crippen molar-refractivity contribution in [1.29, 1.82) is 0 Å². The zero-order valence-corrected chi connectivity index (χ0v) is 13.6. The molecule has 0 aromatic heterocycles. The number of hydrogen-bond donors (Lipinski definition) is 2. The molecule has 1 heterocycles. The van der Waals surface area contributed by atoms with E-state index in [4.69, 9.17) is 0 Å². The van der Waals surface area contributed by atoms with E-state index in [0.29, 0.717) is 12.1 Å². The summed E-state index contributed by atoms with van der Waals surface area (Å²) in [7, 11) is 0. The van der Waals surface area contributed by atoms with E-state index in [-0.39, 0.29) is 24.3 Å². The summed E-state index contributed by atoms with van der Waals surface area (Å²) >= 11 is 0. The zero-order valence-electron chi connectivity index (χ0n) is 13.6. The molecule has 0 spiro atoms. The van der Waals surface area contributed by atoms with Crippen LogP contribution in [0.4, 0.5) is 5.69 Å². The van der Waals surface area contributed by atoms with Crippen molar-refractivity contribution >= 4 is 17.5 Å². The summed E-state index contributed by atoms with van der Waals surface area (Å²) in [6.45, 7) is 7.96. The highest BCUT2D eigenvalue weighted by atomic mass is 16.3. The molecule has 120 valence electrons. The average molecular weight is 304 g/mol. The van der Waals surface area contributed by atoms with Gasteiger partial charge in [-0.3, -0.25) is 9.59 Å². The Morgan fingerprint density at radius 1 is 1.41 bits per heavy atom. The number of nitrogens with zero attached hydrogens (tertiary/aromatic N) is 1. The van der Waals surface area contributed by atoms with Crippen LogP contribution in [0.2, 0.25) is 0 Å². The van der Waals surface area contributed by atoms with Crippen LogP contribution in [0, 0.1) is 5.92 Å². The van der Waals surface area contributed by atoms with Gasteiger partial charge in [-0.15, -0.1) is 0 Å². The second kappa shape index (κ2) is 6.08. The van der Waals surface area contributed by atoms with Crippen LogP contribution < -0.4 is 10.2 Å². The number of benzene rings is 1. The van der Waals surface area contributed by atoms with Gasteiger partial charge in [-0.05, 0) is 43.0 Å². The largest absolute Gasteiger partial charge is 0.388 e. The summed E-state index contributed by atoms with van der Waals surface area (Å²) < 4.78 is 0. The van der Waals surface area contributed by atoms with E-state index in [1.54, 1.807) is 24.8 Å². The molecule has 5 heteroatoms. The van der Waals surface area contributed by atoms with Gasteiger partial charge in [0.25, 0.3) is 5.91 Å². The van der Waals surface area contributed by atoms with Crippen molar-refractivity contribution in [3.63, 3.8) is 0 Å². The zero-order chi connectivity index (χ0) is 16.5. The highest BCUT2D eigenvalue weighted by Crippen LogP contribution is 2.28. The molecule has 0 fully saturated rings. The first-order valence-electron chi connectivity index (χ1n) is 7.64. The molecule has 0 saturated heterocycles. The normalized spacial score (nSPS) is 16.4. The van der Waals surface area contributed by atoms with E-state index in [1.165, 1.54) is 0 Å². The van der Waals surface area contributed by atoms with Gasteiger partial charge in [0.15, 0.2) is 0 Å². The lowest BCUT2D eigenvalue weighted by molar-refractivity contribution is -0.116. The maximum absolute atomic E-state index is 12.2. The lowest BCUT2D eigenvalue weighted by atomic mass is 9.92. The quantitative estimate of drug-likeness (QED) is 0.890. The molecule has 2 rings (SSSR count). The molecule has 0 bridgehead atoms. The molecule has 2 amide bonds. The molecule has 1 unspecified atom stereocenters. The summed E-state index contributed by atoms with van der Waals surface area (Å²) in [6, 6.07) is 5.37. The lowest BCUT2D eigenvalue weighted by Crippen LogP contribution is -2.44. The van der Waals surface area contributed by atoms with Crippen LogP contribution in [0.25, 0.3) is 0 Å². The van der Waals surface area contributed by atoms with Crippen LogP contribution >= 0.6 is 0 Å². The van der Waals surface area contributed by atoms with Gasteiger partial charge in [0.2, 0.25) is 5.91 Å². The Bertz CT molecular complexity index is 594. The Morgan fingerprint density at radius 2 is 2.09 bits per heavy atom. The number of carbonyl (C=O) groups excluding carboxylic acids is 2. The van der Waals surface area contributed by atoms with Crippen LogP contribution in [0.15, 0.2) is 18.2 Å². The molecule has 2 N–H and O–H groups in total. The smallest absolute Gasteiger partial charge is 0.251 e. The standard InChI is InChI=1S/C17H24N2O3/c1-11(2)17(4,22)10-18-16(21)14-5-6-15-13(9-14)7-8-19(15)12(3)20/h5-6,9,11,22H,7-8,10H2,1-4H3,(H,18,21). The van der Waals surface area contributed by atoms with Crippen molar-refractivity contribution in [2.75, 3.05) is 18.0 Å². The Kier molecular flexibility index (Phi) is 4.56. The number of fused-ring (bicyclic) bond motifs is 1. The Morgan fingerprint density at radius 3 is 2.68 bits per heavy atom. The molecule has 0 saturated carbocycles. The maximum atomic E-state index is 12.2. The van der Waals surface area contributed by atoms with E-state index < -0.39 is 5.60 Å². The fourth-order valence-corrected chi connectivity index (χ4v) is 2.44. The molecule has 22 heavy (non-hydrogen) atoms.